The Hall–Kier alpha value is -3.26. The van der Waals surface area contributed by atoms with Crippen LogP contribution in [0.1, 0.15) is 11.1 Å². The van der Waals surface area contributed by atoms with Crippen molar-refractivity contribution < 1.29 is 8.78 Å². The van der Waals surface area contributed by atoms with Gasteiger partial charge in [-0.1, -0.05) is 63.4 Å². The maximum Gasteiger partial charge on any atom is 0.138 e. The zero-order valence-corrected chi connectivity index (χ0v) is 22.5. The van der Waals surface area contributed by atoms with E-state index in [9.17, 15) is 8.78 Å². The zero-order chi connectivity index (χ0) is 26.2. The number of aromatic nitrogens is 4. The van der Waals surface area contributed by atoms with Crippen LogP contribution in [0.3, 0.4) is 0 Å². The Bertz CT molecular complexity index is 1580. The Morgan fingerprint density at radius 2 is 1.32 bits per heavy atom. The highest BCUT2D eigenvalue weighted by atomic mass is 79.9. The minimum absolute atomic E-state index is 0.181. The monoisotopic (exact) mass is 600 g/mol. The molecule has 6 rings (SSSR count). The van der Waals surface area contributed by atoms with Gasteiger partial charge in [-0.25, -0.2) is 18.7 Å². The number of fused-ring (bicyclic) bond motifs is 2. The number of aromatic amines is 1. The third-order valence-corrected chi connectivity index (χ3v) is 6.66. The van der Waals surface area contributed by atoms with E-state index in [1.54, 1.807) is 36.7 Å². The predicted molar refractivity (Wildman–Crippen MR) is 150 cm³/mol. The summed E-state index contributed by atoms with van der Waals surface area (Å²) in [5.74, 6) is -0.400. The Kier molecular flexibility index (Phi) is 9.28. The highest BCUT2D eigenvalue weighted by Gasteiger charge is 2.05. The summed E-state index contributed by atoms with van der Waals surface area (Å²) in [7, 11) is 0. The molecule has 0 spiro atoms. The third kappa shape index (κ3) is 7.16. The number of pyridine rings is 2. The van der Waals surface area contributed by atoms with Crippen molar-refractivity contribution in [2.24, 2.45) is 0 Å². The van der Waals surface area contributed by atoms with Gasteiger partial charge in [0.25, 0.3) is 0 Å². The van der Waals surface area contributed by atoms with Crippen LogP contribution < -0.4 is 0 Å². The quantitative estimate of drug-likeness (QED) is 0.163. The van der Waals surface area contributed by atoms with E-state index in [-0.39, 0.29) is 11.6 Å². The summed E-state index contributed by atoms with van der Waals surface area (Å²) in [6, 6.07) is 20.6. The van der Waals surface area contributed by atoms with Crippen molar-refractivity contribution in [2.45, 2.75) is 11.9 Å². The molecule has 0 fully saturated rings. The van der Waals surface area contributed by atoms with E-state index in [0.717, 1.165) is 38.3 Å². The van der Waals surface area contributed by atoms with E-state index in [0.29, 0.717) is 16.9 Å². The normalized spacial score (nSPS) is 10.5. The molecule has 2 aromatic carbocycles. The second-order valence-electron chi connectivity index (χ2n) is 7.91. The summed E-state index contributed by atoms with van der Waals surface area (Å²) < 4.78 is 27.1. The van der Waals surface area contributed by atoms with Crippen molar-refractivity contribution in [3.8, 4) is 0 Å². The molecule has 188 valence electrons. The van der Waals surface area contributed by atoms with Crippen LogP contribution in [0.5, 0.6) is 0 Å². The van der Waals surface area contributed by atoms with Gasteiger partial charge in [0.05, 0.1) is 11.0 Å². The van der Waals surface area contributed by atoms with Gasteiger partial charge in [0.1, 0.15) is 21.9 Å². The molecule has 37 heavy (non-hydrogen) atoms. The van der Waals surface area contributed by atoms with Gasteiger partial charge in [-0.3, -0.25) is 0 Å². The number of rotatable bonds is 3. The fraction of sp³-hybridized carbons (Fsp3) is 0.0714. The topological polar surface area (TPSA) is 46.5 Å². The standard InChI is InChI=1S/C14H10ClFN2.C7H6BrF.C7H5ClN2/c15-14-12-6-8-18(13(12)5-7-17-14)9-10-1-3-11(16)4-2-10;8-5-6-1-3-7(9)4-2-6;8-7-5-1-3-9-6(5)2-4-10-7/h1-8H,9H2;1-4H,5H2;1-4,9H. The summed E-state index contributed by atoms with van der Waals surface area (Å²) >= 11 is 15.0. The number of H-pyrrole nitrogens is 1. The molecule has 0 aliphatic heterocycles. The highest BCUT2D eigenvalue weighted by molar-refractivity contribution is 9.08. The van der Waals surface area contributed by atoms with Crippen molar-refractivity contribution in [3.05, 3.63) is 131 Å². The van der Waals surface area contributed by atoms with E-state index >= 15 is 0 Å². The van der Waals surface area contributed by atoms with E-state index in [1.807, 2.05) is 36.7 Å². The molecule has 0 aliphatic rings. The average Bonchev–Trinajstić information content (AvgIpc) is 3.56. The van der Waals surface area contributed by atoms with Crippen molar-refractivity contribution in [3.63, 3.8) is 0 Å². The smallest absolute Gasteiger partial charge is 0.138 e. The van der Waals surface area contributed by atoms with Crippen LogP contribution in [-0.2, 0) is 11.9 Å². The first-order chi connectivity index (χ1) is 17.9. The molecule has 0 atom stereocenters. The SMILES string of the molecule is Clc1nccc2[nH]ccc12.Fc1ccc(CBr)cc1.Fc1ccc(Cn2ccc3c(Cl)nccc32)cc1. The number of hydrogen-bond donors (Lipinski definition) is 1. The third-order valence-electron chi connectivity index (χ3n) is 5.41. The first-order valence-electron chi connectivity index (χ1n) is 11.2. The minimum Gasteiger partial charge on any atom is -0.361 e. The molecule has 0 bridgehead atoms. The van der Waals surface area contributed by atoms with Gasteiger partial charge in [-0.05, 0) is 59.7 Å². The Labute approximate surface area is 231 Å². The average molecular weight is 602 g/mol. The Morgan fingerprint density at radius 3 is 1.95 bits per heavy atom. The second-order valence-corrected chi connectivity index (χ2v) is 9.18. The molecule has 1 N–H and O–H groups in total. The van der Waals surface area contributed by atoms with Gasteiger partial charge in [0, 0.05) is 47.4 Å². The van der Waals surface area contributed by atoms with E-state index in [4.69, 9.17) is 23.2 Å². The van der Waals surface area contributed by atoms with Crippen LogP contribution in [0, 0.1) is 11.6 Å². The van der Waals surface area contributed by atoms with Crippen LogP contribution in [0.25, 0.3) is 21.8 Å². The summed E-state index contributed by atoms with van der Waals surface area (Å²) in [4.78, 5) is 11.0. The largest absolute Gasteiger partial charge is 0.361 e. The van der Waals surface area contributed by atoms with Crippen molar-refractivity contribution in [1.82, 2.24) is 19.5 Å². The van der Waals surface area contributed by atoms with Crippen LogP contribution in [0.2, 0.25) is 10.3 Å². The van der Waals surface area contributed by atoms with E-state index in [2.05, 4.69) is 35.4 Å². The number of hydrogen-bond acceptors (Lipinski definition) is 2. The lowest BCUT2D eigenvalue weighted by Gasteiger charge is -2.05. The molecule has 0 saturated heterocycles. The number of alkyl halides is 1. The highest BCUT2D eigenvalue weighted by Crippen LogP contribution is 2.23. The zero-order valence-electron chi connectivity index (χ0n) is 19.4. The van der Waals surface area contributed by atoms with Crippen molar-refractivity contribution in [2.75, 3.05) is 0 Å². The molecule has 9 heteroatoms. The molecule has 0 amide bonds. The predicted octanol–water partition coefficient (Wildman–Crippen LogP) is 8.81. The molecule has 6 aromatic rings. The maximum atomic E-state index is 12.8. The van der Waals surface area contributed by atoms with Gasteiger partial charge in [-0.2, -0.15) is 0 Å². The first-order valence-corrected chi connectivity index (χ1v) is 13.0. The molecule has 0 saturated carbocycles. The molecule has 4 heterocycles. The van der Waals surface area contributed by atoms with Crippen LogP contribution in [-0.4, -0.2) is 19.5 Å². The lowest BCUT2D eigenvalue weighted by Crippen LogP contribution is -1.97. The Morgan fingerprint density at radius 1 is 0.730 bits per heavy atom. The number of nitrogens with zero attached hydrogens (tertiary/aromatic N) is 3. The molecular formula is C28H21BrCl2F2N4. The van der Waals surface area contributed by atoms with Gasteiger partial charge < -0.3 is 9.55 Å². The van der Waals surface area contributed by atoms with Gasteiger partial charge in [0.2, 0.25) is 0 Å². The van der Waals surface area contributed by atoms with Gasteiger partial charge in [0.15, 0.2) is 0 Å². The van der Waals surface area contributed by atoms with Crippen molar-refractivity contribution in [1.29, 1.82) is 0 Å². The van der Waals surface area contributed by atoms with E-state index in [1.165, 1.54) is 24.3 Å². The number of benzene rings is 2. The summed E-state index contributed by atoms with van der Waals surface area (Å²) in [6.45, 7) is 0.685. The van der Waals surface area contributed by atoms with Gasteiger partial charge >= 0.3 is 0 Å². The minimum atomic E-state index is -0.219. The number of halogens is 5. The lowest BCUT2D eigenvalue weighted by atomic mass is 10.2. The lowest BCUT2D eigenvalue weighted by molar-refractivity contribution is 0.626. The molecule has 4 nitrogen and oxygen atoms in total. The maximum absolute atomic E-state index is 12.8. The second kappa shape index (κ2) is 12.8. The molecule has 0 aliphatic carbocycles. The molecular weight excluding hydrogens is 581 g/mol. The van der Waals surface area contributed by atoms with Gasteiger partial charge in [-0.15, -0.1) is 0 Å². The number of nitrogens with one attached hydrogen (secondary N) is 1. The molecule has 4 aromatic heterocycles. The fourth-order valence-corrected chi connectivity index (χ4v) is 4.34. The van der Waals surface area contributed by atoms with Crippen LogP contribution >= 0.6 is 39.1 Å². The molecule has 0 unspecified atom stereocenters. The summed E-state index contributed by atoms with van der Waals surface area (Å²) in [5, 5.41) is 3.75. The fourth-order valence-electron chi connectivity index (χ4n) is 3.53. The van der Waals surface area contributed by atoms with E-state index < -0.39 is 0 Å². The Balaban J connectivity index is 0.000000143. The van der Waals surface area contributed by atoms with Crippen LogP contribution in [0.15, 0.2) is 97.6 Å². The summed E-state index contributed by atoms with van der Waals surface area (Å²) in [5.41, 5.74) is 4.19. The van der Waals surface area contributed by atoms with Crippen molar-refractivity contribution >= 4 is 60.9 Å². The van der Waals surface area contributed by atoms with Crippen LogP contribution in [0.4, 0.5) is 8.78 Å². The molecule has 0 radical (unpaired) electrons. The summed E-state index contributed by atoms with van der Waals surface area (Å²) in [6.07, 6.45) is 7.17. The first kappa shape index (κ1) is 26.8.